The van der Waals surface area contributed by atoms with Crippen LogP contribution in [0.2, 0.25) is 0 Å². The number of rotatable bonds is 6. The summed E-state index contributed by atoms with van der Waals surface area (Å²) in [5, 5.41) is 2.27. The topological polar surface area (TPSA) is 137 Å². The number of imidazole rings is 1. The lowest BCUT2D eigenvalue weighted by molar-refractivity contribution is -0.137. The van der Waals surface area contributed by atoms with Crippen molar-refractivity contribution >= 4 is 29.2 Å². The van der Waals surface area contributed by atoms with Crippen LogP contribution in [0.3, 0.4) is 0 Å². The van der Waals surface area contributed by atoms with E-state index in [0.29, 0.717) is 30.6 Å². The molecule has 2 atom stereocenters. The predicted octanol–water partition coefficient (Wildman–Crippen LogP) is 5.27. The molecule has 0 radical (unpaired) electrons. The van der Waals surface area contributed by atoms with Crippen LogP contribution in [0.5, 0.6) is 5.75 Å². The molecule has 0 spiro atoms. The standard InChI is InChI=1S/C29H27F4N7O4/c1-2-43-20-12-16(27(41)37-21-13-17(5-7-35-21)29(31,32)33)11-19(30)22(20)23-24-25(34)36-8-9-39(24)26(38-23)15-3-4-18-6-10-44-28(42)40(18)14-15/h5,7-9,11-13,15,18H,2-4,6,10,14H2,1H3,(H2,34,36)(H,35,37,41). The van der Waals surface area contributed by atoms with E-state index in [1.165, 1.54) is 12.3 Å². The second-order valence-corrected chi connectivity index (χ2v) is 10.5. The third-order valence-electron chi connectivity index (χ3n) is 7.77. The quantitative estimate of drug-likeness (QED) is 0.281. The van der Waals surface area contributed by atoms with E-state index < -0.39 is 23.5 Å². The fourth-order valence-corrected chi connectivity index (χ4v) is 5.75. The zero-order chi connectivity index (χ0) is 31.2. The van der Waals surface area contributed by atoms with E-state index >= 15 is 4.39 Å². The number of carbonyl (C=O) groups excluding carboxylic acids is 2. The van der Waals surface area contributed by atoms with Crippen molar-refractivity contribution in [1.29, 1.82) is 0 Å². The lowest BCUT2D eigenvalue weighted by atomic mass is 9.90. The van der Waals surface area contributed by atoms with Crippen LogP contribution in [0.15, 0.2) is 42.9 Å². The van der Waals surface area contributed by atoms with Crippen LogP contribution in [0.1, 0.15) is 53.8 Å². The summed E-state index contributed by atoms with van der Waals surface area (Å²) in [7, 11) is 0. The van der Waals surface area contributed by atoms with Crippen molar-refractivity contribution in [3.05, 3.63) is 65.6 Å². The van der Waals surface area contributed by atoms with Crippen molar-refractivity contribution in [2.24, 2.45) is 0 Å². The SMILES string of the molecule is CCOc1cc(C(=O)Nc2cc(C(F)(F)F)ccn2)cc(F)c1-c1nc(C2CCC3CCOC(=O)N3C2)n2ccnc(N)c12. The number of ether oxygens (including phenoxy) is 2. The fourth-order valence-electron chi connectivity index (χ4n) is 5.75. The van der Waals surface area contributed by atoms with Crippen LogP contribution in [0.25, 0.3) is 16.8 Å². The molecule has 2 saturated heterocycles. The minimum Gasteiger partial charge on any atom is -0.493 e. The maximum atomic E-state index is 16.0. The fraction of sp³-hybridized carbons (Fsp3) is 0.345. The normalized spacial score (nSPS) is 18.6. The molecule has 44 heavy (non-hydrogen) atoms. The molecule has 2 fully saturated rings. The monoisotopic (exact) mass is 613 g/mol. The van der Waals surface area contributed by atoms with Crippen LogP contribution in [-0.2, 0) is 10.9 Å². The molecule has 2 unspecified atom stereocenters. The van der Waals surface area contributed by atoms with E-state index in [0.717, 1.165) is 37.6 Å². The summed E-state index contributed by atoms with van der Waals surface area (Å²) in [6.45, 7) is 2.50. The molecule has 3 aromatic heterocycles. The minimum atomic E-state index is -4.64. The number of anilines is 2. The van der Waals surface area contributed by atoms with Gasteiger partial charge in [0.25, 0.3) is 5.91 Å². The lowest BCUT2D eigenvalue weighted by Crippen LogP contribution is -2.50. The van der Waals surface area contributed by atoms with Crippen LogP contribution >= 0.6 is 0 Å². The number of nitrogens with two attached hydrogens (primary N) is 1. The number of hydrogen-bond donors (Lipinski definition) is 2. The summed E-state index contributed by atoms with van der Waals surface area (Å²) >= 11 is 0. The summed E-state index contributed by atoms with van der Waals surface area (Å²) in [4.78, 5) is 39.9. The first kappa shape index (κ1) is 29.1. The molecule has 0 aliphatic carbocycles. The molecule has 3 N–H and O–H groups in total. The number of nitrogens with zero attached hydrogens (tertiary/aromatic N) is 5. The van der Waals surface area contributed by atoms with Crippen molar-refractivity contribution in [3.63, 3.8) is 0 Å². The van der Waals surface area contributed by atoms with Crippen LogP contribution < -0.4 is 15.8 Å². The summed E-state index contributed by atoms with van der Waals surface area (Å²) in [5.74, 6) is -1.77. The number of amides is 2. The molecule has 0 saturated carbocycles. The Morgan fingerprint density at radius 1 is 1.18 bits per heavy atom. The molecular weight excluding hydrogens is 586 g/mol. The van der Waals surface area contributed by atoms with E-state index in [9.17, 15) is 22.8 Å². The van der Waals surface area contributed by atoms with Gasteiger partial charge < -0.3 is 25.4 Å². The highest BCUT2D eigenvalue weighted by atomic mass is 19.4. The van der Waals surface area contributed by atoms with E-state index in [4.69, 9.17) is 20.2 Å². The van der Waals surface area contributed by atoms with Gasteiger partial charge in [0.2, 0.25) is 0 Å². The summed E-state index contributed by atoms with van der Waals surface area (Å²) in [5.41, 5.74) is 5.43. The van der Waals surface area contributed by atoms with Gasteiger partial charge in [-0.3, -0.25) is 9.20 Å². The Balaban J connectivity index is 1.39. The maximum Gasteiger partial charge on any atom is 0.416 e. The molecule has 15 heteroatoms. The van der Waals surface area contributed by atoms with Gasteiger partial charge in [0, 0.05) is 49.1 Å². The number of hydrogen-bond acceptors (Lipinski definition) is 8. The first-order valence-electron chi connectivity index (χ1n) is 13.9. The number of nitrogens with one attached hydrogen (secondary N) is 1. The lowest BCUT2D eigenvalue weighted by Gasteiger charge is -2.41. The highest BCUT2D eigenvalue weighted by Gasteiger charge is 2.38. The van der Waals surface area contributed by atoms with Crippen molar-refractivity contribution in [2.45, 2.75) is 44.3 Å². The van der Waals surface area contributed by atoms with E-state index in [2.05, 4.69) is 15.3 Å². The number of aromatic nitrogens is 4. The highest BCUT2D eigenvalue weighted by molar-refractivity contribution is 6.05. The number of halogens is 4. The van der Waals surface area contributed by atoms with Crippen LogP contribution in [0, 0.1) is 5.82 Å². The summed E-state index contributed by atoms with van der Waals surface area (Å²) in [6, 6.07) is 3.74. The molecule has 0 bridgehead atoms. The number of alkyl halides is 3. The van der Waals surface area contributed by atoms with Crippen LogP contribution in [-0.4, -0.2) is 62.1 Å². The second kappa shape index (κ2) is 11.3. The number of carbonyl (C=O) groups is 2. The molecule has 1 aromatic carbocycles. The van der Waals surface area contributed by atoms with Crippen LogP contribution in [0.4, 0.5) is 34.0 Å². The van der Waals surface area contributed by atoms with Crippen molar-refractivity contribution in [3.8, 4) is 17.0 Å². The van der Waals surface area contributed by atoms with Crippen molar-refractivity contribution in [1.82, 2.24) is 24.3 Å². The molecule has 230 valence electrons. The molecular formula is C29H27F4N7O4. The molecule has 4 aromatic rings. The third-order valence-corrected chi connectivity index (χ3v) is 7.77. The van der Waals surface area contributed by atoms with Gasteiger partial charge in [0.15, 0.2) is 0 Å². The number of benzene rings is 1. The van der Waals surface area contributed by atoms with Gasteiger partial charge in [-0.2, -0.15) is 13.2 Å². The van der Waals surface area contributed by atoms with E-state index in [1.807, 2.05) is 0 Å². The van der Waals surface area contributed by atoms with Gasteiger partial charge in [-0.1, -0.05) is 0 Å². The number of nitrogen functional groups attached to an aromatic ring is 1. The first-order chi connectivity index (χ1) is 21.0. The number of pyridine rings is 1. The smallest absolute Gasteiger partial charge is 0.416 e. The van der Waals surface area contributed by atoms with E-state index in [-0.39, 0.29) is 58.9 Å². The van der Waals surface area contributed by atoms with Crippen molar-refractivity contribution in [2.75, 3.05) is 30.8 Å². The van der Waals surface area contributed by atoms with Gasteiger partial charge in [-0.05, 0) is 44.0 Å². The molecule has 2 amide bonds. The minimum absolute atomic E-state index is 0.0345. The molecule has 5 heterocycles. The average molecular weight is 614 g/mol. The van der Waals surface area contributed by atoms with E-state index in [1.54, 1.807) is 22.4 Å². The Kier molecular flexibility index (Phi) is 7.47. The first-order valence-corrected chi connectivity index (χ1v) is 13.9. The van der Waals surface area contributed by atoms with Gasteiger partial charge in [-0.25, -0.2) is 24.1 Å². The largest absolute Gasteiger partial charge is 0.493 e. The second-order valence-electron chi connectivity index (χ2n) is 10.5. The number of fused-ring (bicyclic) bond motifs is 2. The zero-order valence-corrected chi connectivity index (χ0v) is 23.4. The third kappa shape index (κ3) is 5.33. The Morgan fingerprint density at radius 3 is 2.77 bits per heavy atom. The average Bonchev–Trinajstić information content (AvgIpc) is 3.37. The predicted molar refractivity (Wildman–Crippen MR) is 150 cm³/mol. The van der Waals surface area contributed by atoms with Gasteiger partial charge in [0.05, 0.1) is 24.3 Å². The number of cyclic esters (lactones) is 1. The Hall–Kier alpha value is -4.95. The highest BCUT2D eigenvalue weighted by Crippen LogP contribution is 2.41. The Labute approximate surface area is 248 Å². The summed E-state index contributed by atoms with van der Waals surface area (Å²) in [6.07, 6.45) is 1.24. The van der Waals surface area contributed by atoms with Crippen molar-refractivity contribution < 1.29 is 36.6 Å². The molecule has 2 aliphatic rings. The molecule has 2 aliphatic heterocycles. The van der Waals surface area contributed by atoms with Gasteiger partial charge in [-0.15, -0.1) is 0 Å². The molecule has 11 nitrogen and oxygen atoms in total. The van der Waals surface area contributed by atoms with Gasteiger partial charge >= 0.3 is 12.3 Å². The Bertz CT molecular complexity index is 1760. The maximum absolute atomic E-state index is 16.0. The Morgan fingerprint density at radius 2 is 2.00 bits per heavy atom. The zero-order valence-electron chi connectivity index (χ0n) is 23.4. The molecule has 6 rings (SSSR count). The van der Waals surface area contributed by atoms with Gasteiger partial charge in [0.1, 0.15) is 40.2 Å². The number of piperidine rings is 1. The summed E-state index contributed by atoms with van der Waals surface area (Å²) < 4.78 is 68.1.